The van der Waals surface area contributed by atoms with Crippen LogP contribution in [-0.4, -0.2) is 4.40 Å². The second-order valence-electron chi connectivity index (χ2n) is 23.9. The molecule has 0 amide bonds. The zero-order chi connectivity index (χ0) is 52.6. The Hall–Kier alpha value is -8.24. The fourth-order valence-corrected chi connectivity index (χ4v) is 17.0. The van der Waals surface area contributed by atoms with E-state index in [1.54, 1.807) is 0 Å². The van der Waals surface area contributed by atoms with E-state index in [1.807, 2.05) is 0 Å². The van der Waals surface area contributed by atoms with Crippen LogP contribution in [0.5, 0.6) is 0 Å². The van der Waals surface area contributed by atoms with Crippen LogP contribution >= 0.6 is 0 Å². The first-order chi connectivity index (χ1) is 37.4. The van der Waals surface area contributed by atoms with Crippen LogP contribution in [0.25, 0.3) is 105 Å². The van der Waals surface area contributed by atoms with Gasteiger partial charge in [0.2, 0.25) is 0 Å². The first kappa shape index (κ1) is 46.1. The van der Waals surface area contributed by atoms with E-state index in [9.17, 15) is 10.5 Å². The van der Waals surface area contributed by atoms with Gasteiger partial charge in [-0.1, -0.05) is 123 Å². The number of hydrogen-bond acceptors (Lipinski definition) is 2. The maximum absolute atomic E-state index is 11.8. The molecule has 0 radical (unpaired) electrons. The Balaban J connectivity index is 1.18. The number of benzene rings is 9. The van der Waals surface area contributed by atoms with Crippen molar-refractivity contribution in [3.63, 3.8) is 0 Å². The minimum Gasteiger partial charge on any atom is -0.308 e. The molecule has 2 saturated carbocycles. The lowest BCUT2D eigenvalue weighted by atomic mass is 9.74. The average Bonchev–Trinajstić information content (AvgIpc) is 3.71. The van der Waals surface area contributed by atoms with Crippen molar-refractivity contribution in [3.05, 3.63) is 205 Å². The van der Waals surface area contributed by atoms with Gasteiger partial charge in [0.1, 0.15) is 0 Å². The van der Waals surface area contributed by atoms with Crippen molar-refractivity contribution in [2.24, 2.45) is 0 Å². The Kier molecular flexibility index (Phi) is 9.67. The van der Waals surface area contributed by atoms with Crippen molar-refractivity contribution in [3.8, 4) is 78.9 Å². The van der Waals surface area contributed by atoms with Crippen molar-refractivity contribution in [1.29, 1.82) is 10.5 Å². The fourth-order valence-electron chi connectivity index (χ4n) is 17.0. The van der Waals surface area contributed by atoms with E-state index in [4.69, 9.17) is 0 Å². The summed E-state index contributed by atoms with van der Waals surface area (Å²) in [6.45, 7) is 18.1. The van der Waals surface area contributed by atoms with Crippen LogP contribution < -0.4 is 0 Å². The van der Waals surface area contributed by atoms with Gasteiger partial charge in [0.25, 0.3) is 0 Å². The largest absolute Gasteiger partial charge is 0.308 e. The van der Waals surface area contributed by atoms with Gasteiger partial charge in [-0.2, -0.15) is 10.5 Å². The van der Waals surface area contributed by atoms with Crippen molar-refractivity contribution in [1.82, 2.24) is 4.40 Å². The summed E-state index contributed by atoms with van der Waals surface area (Å²) >= 11 is 0. The SMILES string of the molecule is Cc1cccc(C)c1-c1ccc2c(c1)C1(CCCC1)c1c(C#N)cc3c(c1-2)c1c(-c2c(C)cccc2C)cc(-c2c(C)cccc2C)c2c4c5c(c(C#N)cc4n3c12)C1(CCCC1)c1cc(-c2c(C)cccc2C)ccc1-5. The van der Waals surface area contributed by atoms with E-state index in [2.05, 4.69) is 199 Å². The van der Waals surface area contributed by atoms with Gasteiger partial charge in [-0.05, 0) is 245 Å². The quantitative estimate of drug-likeness (QED) is 0.176. The zero-order valence-electron chi connectivity index (χ0n) is 45.6. The standard InChI is InChI=1S/C74H61N3/c1-40-17-13-18-41(2)60(40)48-25-27-52-56(33-48)73(29-9-10-30-73)70-50(38-75)35-58-68(64(52)70)66-54(62-44(5)21-15-22-45(62)6)37-55(63-46(7)23-16-24-47(63)8)67-69-59(77(58)72(66)67)36-51(39-76)71-65(69)53-28-26-49(61-42(3)19-14-20-43(61)4)34-57(53)74(71)31-11-12-32-74/h13-28,33-37H,9-12,29-32H2,1-8H3. The van der Waals surface area contributed by atoms with Gasteiger partial charge < -0.3 is 4.40 Å². The number of fused-ring (bicyclic) bond motifs is 18. The molecule has 0 atom stereocenters. The molecule has 0 bridgehead atoms. The highest BCUT2D eigenvalue weighted by Crippen LogP contribution is 2.65. The summed E-state index contributed by atoms with van der Waals surface area (Å²) in [5.74, 6) is 0. The molecule has 3 nitrogen and oxygen atoms in total. The molecule has 77 heavy (non-hydrogen) atoms. The van der Waals surface area contributed by atoms with Crippen LogP contribution in [0.15, 0.2) is 127 Å². The van der Waals surface area contributed by atoms with Crippen molar-refractivity contribution >= 4 is 38.1 Å². The molecule has 0 aliphatic heterocycles. The average molecular weight is 992 g/mol. The first-order valence-electron chi connectivity index (χ1n) is 28.2. The molecule has 4 aliphatic rings. The van der Waals surface area contributed by atoms with E-state index in [0.29, 0.717) is 0 Å². The van der Waals surface area contributed by atoms with Crippen LogP contribution in [0.3, 0.4) is 0 Å². The third kappa shape index (κ3) is 5.85. The summed E-state index contributed by atoms with van der Waals surface area (Å²) in [5, 5.41) is 28.5. The fraction of sp³-hybridized carbons (Fsp3) is 0.243. The van der Waals surface area contributed by atoms with E-state index in [-0.39, 0.29) is 10.8 Å². The number of nitriles is 2. The van der Waals surface area contributed by atoms with Gasteiger partial charge in [-0.25, -0.2) is 0 Å². The minimum absolute atomic E-state index is 0.281. The zero-order valence-corrected chi connectivity index (χ0v) is 45.6. The number of rotatable bonds is 4. The van der Waals surface area contributed by atoms with Gasteiger partial charge in [0.05, 0.1) is 39.8 Å². The van der Waals surface area contributed by atoms with E-state index in [1.165, 1.54) is 161 Å². The molecule has 372 valence electrons. The van der Waals surface area contributed by atoms with E-state index < -0.39 is 0 Å². The second-order valence-corrected chi connectivity index (χ2v) is 23.9. The van der Waals surface area contributed by atoms with Gasteiger partial charge >= 0.3 is 0 Å². The molecule has 2 spiro atoms. The lowest BCUT2D eigenvalue weighted by Crippen LogP contribution is -2.22. The summed E-state index contributed by atoms with van der Waals surface area (Å²) in [6, 6.07) is 54.3. The number of aryl methyl sites for hydroxylation is 8. The maximum atomic E-state index is 11.8. The summed E-state index contributed by atoms with van der Waals surface area (Å²) in [4.78, 5) is 0. The van der Waals surface area contributed by atoms with Crippen molar-refractivity contribution < 1.29 is 0 Å². The van der Waals surface area contributed by atoms with Gasteiger partial charge in [-0.15, -0.1) is 0 Å². The summed E-state index contributed by atoms with van der Waals surface area (Å²) in [5.41, 5.74) is 34.6. The van der Waals surface area contributed by atoms with Gasteiger partial charge in [-0.3, -0.25) is 0 Å². The second kappa shape index (κ2) is 16.1. The Morgan fingerprint density at radius 3 is 1.04 bits per heavy atom. The molecule has 0 N–H and O–H groups in total. The van der Waals surface area contributed by atoms with E-state index in [0.717, 1.165) is 73.5 Å². The number of hydrogen-bond donors (Lipinski definition) is 0. The van der Waals surface area contributed by atoms with Gasteiger partial charge in [0.15, 0.2) is 0 Å². The first-order valence-corrected chi connectivity index (χ1v) is 28.2. The Morgan fingerprint density at radius 2 is 0.701 bits per heavy atom. The number of nitrogens with zero attached hydrogens (tertiary/aromatic N) is 3. The highest BCUT2D eigenvalue weighted by molar-refractivity contribution is 6.35. The lowest BCUT2D eigenvalue weighted by molar-refractivity contribution is 0.549. The smallest absolute Gasteiger partial charge is 0.0995 e. The Labute approximate surface area is 452 Å². The molecule has 11 aromatic rings. The molecular formula is C74H61N3. The van der Waals surface area contributed by atoms with Crippen LogP contribution in [0, 0.1) is 78.1 Å². The Morgan fingerprint density at radius 1 is 0.364 bits per heavy atom. The van der Waals surface area contributed by atoms with Crippen molar-refractivity contribution in [2.45, 2.75) is 118 Å². The molecule has 3 heteroatoms. The number of aromatic nitrogens is 1. The molecule has 2 heterocycles. The monoisotopic (exact) mass is 991 g/mol. The maximum Gasteiger partial charge on any atom is 0.0995 e. The molecule has 2 aromatic heterocycles. The molecule has 9 aromatic carbocycles. The highest BCUT2D eigenvalue weighted by Gasteiger charge is 2.51. The van der Waals surface area contributed by atoms with Crippen molar-refractivity contribution in [2.75, 3.05) is 0 Å². The summed E-state index contributed by atoms with van der Waals surface area (Å²) in [6.07, 6.45) is 8.55. The van der Waals surface area contributed by atoms with Crippen LogP contribution in [-0.2, 0) is 10.8 Å². The molecule has 2 fully saturated rings. The van der Waals surface area contributed by atoms with E-state index >= 15 is 0 Å². The third-order valence-electron chi connectivity index (χ3n) is 19.9. The predicted molar refractivity (Wildman–Crippen MR) is 320 cm³/mol. The lowest BCUT2D eigenvalue weighted by Gasteiger charge is -2.28. The topological polar surface area (TPSA) is 52.0 Å². The van der Waals surface area contributed by atoms with Crippen LogP contribution in [0.1, 0.15) is 129 Å². The third-order valence-corrected chi connectivity index (χ3v) is 19.9. The molecule has 0 saturated heterocycles. The van der Waals surface area contributed by atoms with Crippen LogP contribution in [0.4, 0.5) is 0 Å². The minimum atomic E-state index is -0.281. The molecular weight excluding hydrogens is 931 g/mol. The van der Waals surface area contributed by atoms with Gasteiger partial charge in [0, 0.05) is 32.4 Å². The Bertz CT molecular complexity index is 4200. The molecule has 0 unspecified atom stereocenters. The normalized spacial score (nSPS) is 15.6. The molecule has 4 aliphatic carbocycles. The highest BCUT2D eigenvalue weighted by atomic mass is 14.9. The predicted octanol–water partition coefficient (Wildman–Crippen LogP) is 19.4. The summed E-state index contributed by atoms with van der Waals surface area (Å²) < 4.78 is 2.54. The molecule has 15 rings (SSSR count). The summed E-state index contributed by atoms with van der Waals surface area (Å²) in [7, 11) is 0. The van der Waals surface area contributed by atoms with Crippen LogP contribution in [0.2, 0.25) is 0 Å².